The van der Waals surface area contributed by atoms with Crippen LogP contribution in [0.2, 0.25) is 0 Å². The van der Waals surface area contributed by atoms with Crippen LogP contribution in [0.4, 0.5) is 13.2 Å². The van der Waals surface area contributed by atoms with Crippen LogP contribution in [0.25, 0.3) is 0 Å². The van der Waals surface area contributed by atoms with Crippen LogP contribution in [0, 0.1) is 17.5 Å². The third kappa shape index (κ3) is 3.84. The average molecular weight is 344 g/mol. The fraction of sp³-hybridized carbons (Fsp3) is 0.200. The number of hydrogen-bond acceptors (Lipinski definition) is 1. The van der Waals surface area contributed by atoms with Crippen molar-refractivity contribution in [2.24, 2.45) is 5.73 Å². The van der Waals surface area contributed by atoms with Gasteiger partial charge in [0.2, 0.25) is 0 Å². The summed E-state index contributed by atoms with van der Waals surface area (Å²) < 4.78 is 39.8. The van der Waals surface area contributed by atoms with Gasteiger partial charge in [-0.2, -0.15) is 0 Å². The van der Waals surface area contributed by atoms with Crippen LogP contribution in [0.1, 0.15) is 11.1 Å². The van der Waals surface area contributed by atoms with Gasteiger partial charge in [-0.1, -0.05) is 12.1 Å². The molecule has 0 saturated carbocycles. The smallest absolute Gasteiger partial charge is 0.137 e. The van der Waals surface area contributed by atoms with Crippen LogP contribution in [0.3, 0.4) is 0 Å². The van der Waals surface area contributed by atoms with Crippen LogP contribution in [-0.4, -0.2) is 6.04 Å². The largest absolute Gasteiger partial charge is 0.327 e. The number of rotatable bonds is 4. The molecule has 0 aliphatic heterocycles. The molecule has 0 fully saturated rings. The summed E-state index contributed by atoms with van der Waals surface area (Å²) in [6.07, 6.45) is 0.775. The number of halogens is 4. The molecule has 0 spiro atoms. The van der Waals surface area contributed by atoms with Gasteiger partial charge in [0, 0.05) is 12.1 Å². The van der Waals surface area contributed by atoms with Gasteiger partial charge in [0.15, 0.2) is 0 Å². The van der Waals surface area contributed by atoms with Crippen molar-refractivity contribution in [1.29, 1.82) is 0 Å². The van der Waals surface area contributed by atoms with E-state index >= 15 is 0 Å². The molecule has 20 heavy (non-hydrogen) atoms. The van der Waals surface area contributed by atoms with Gasteiger partial charge in [-0.15, -0.1) is 0 Å². The molecule has 2 N–H and O–H groups in total. The Bertz CT molecular complexity index is 616. The van der Waals surface area contributed by atoms with Gasteiger partial charge < -0.3 is 5.73 Å². The summed E-state index contributed by atoms with van der Waals surface area (Å²) in [6.45, 7) is 0. The number of benzene rings is 2. The lowest BCUT2D eigenvalue weighted by Gasteiger charge is -2.13. The van der Waals surface area contributed by atoms with Gasteiger partial charge in [0.25, 0.3) is 0 Å². The Balaban J connectivity index is 2.04. The minimum atomic E-state index is -0.609. The van der Waals surface area contributed by atoms with Crippen molar-refractivity contribution in [3.05, 3.63) is 69.4 Å². The van der Waals surface area contributed by atoms with Gasteiger partial charge in [0.1, 0.15) is 17.5 Å². The van der Waals surface area contributed by atoms with Gasteiger partial charge in [-0.3, -0.25) is 0 Å². The quantitative estimate of drug-likeness (QED) is 0.892. The molecule has 0 radical (unpaired) electrons. The van der Waals surface area contributed by atoms with Crippen LogP contribution in [-0.2, 0) is 12.8 Å². The highest BCUT2D eigenvalue weighted by Crippen LogP contribution is 2.19. The molecule has 0 heterocycles. The standard InChI is InChI=1S/C15H13BrF3N/c16-13-6-9(1-4-14(13)18)5-12(20)7-10-2-3-11(17)8-15(10)19/h1-4,6,8,12H,5,7,20H2. The molecule has 0 aromatic heterocycles. The fourth-order valence-electron chi connectivity index (χ4n) is 2.01. The monoisotopic (exact) mass is 343 g/mol. The Hall–Kier alpha value is -1.33. The molecule has 2 aromatic rings. The Labute approximate surface area is 123 Å². The molecule has 5 heteroatoms. The van der Waals surface area contributed by atoms with Crippen molar-refractivity contribution in [1.82, 2.24) is 0 Å². The highest BCUT2D eigenvalue weighted by atomic mass is 79.9. The van der Waals surface area contributed by atoms with E-state index in [2.05, 4.69) is 15.9 Å². The van der Waals surface area contributed by atoms with Crippen LogP contribution < -0.4 is 5.73 Å². The van der Waals surface area contributed by atoms with Gasteiger partial charge in [0.05, 0.1) is 4.47 Å². The summed E-state index contributed by atoms with van der Waals surface area (Å²) in [5.74, 6) is -1.55. The summed E-state index contributed by atoms with van der Waals surface area (Å²) in [4.78, 5) is 0. The Morgan fingerprint density at radius 1 is 0.950 bits per heavy atom. The van der Waals surface area contributed by atoms with Gasteiger partial charge >= 0.3 is 0 Å². The molecule has 0 amide bonds. The van der Waals surface area contributed by atoms with E-state index in [0.717, 1.165) is 11.6 Å². The second-order valence-corrected chi connectivity index (χ2v) is 5.51. The lowest BCUT2D eigenvalue weighted by molar-refractivity contribution is 0.558. The predicted octanol–water partition coefficient (Wildman–Crippen LogP) is 3.98. The Kier molecular flexibility index (Phi) is 4.83. The predicted molar refractivity (Wildman–Crippen MR) is 75.8 cm³/mol. The van der Waals surface area contributed by atoms with Crippen molar-refractivity contribution in [2.45, 2.75) is 18.9 Å². The maximum Gasteiger partial charge on any atom is 0.137 e. The molecule has 1 atom stereocenters. The average Bonchev–Trinajstić information content (AvgIpc) is 2.37. The Morgan fingerprint density at radius 2 is 1.70 bits per heavy atom. The van der Waals surface area contributed by atoms with Crippen molar-refractivity contribution in [3.63, 3.8) is 0 Å². The molecule has 2 aromatic carbocycles. The Morgan fingerprint density at radius 3 is 2.35 bits per heavy atom. The first kappa shape index (κ1) is 15.1. The number of hydrogen-bond donors (Lipinski definition) is 1. The first-order valence-corrected chi connectivity index (χ1v) is 6.88. The van der Waals surface area contributed by atoms with E-state index < -0.39 is 11.6 Å². The highest BCUT2D eigenvalue weighted by molar-refractivity contribution is 9.10. The second-order valence-electron chi connectivity index (χ2n) is 4.65. The highest BCUT2D eigenvalue weighted by Gasteiger charge is 2.11. The molecular weight excluding hydrogens is 331 g/mol. The first-order valence-electron chi connectivity index (χ1n) is 6.09. The summed E-state index contributed by atoms with van der Waals surface area (Å²) >= 11 is 3.10. The molecule has 0 aliphatic carbocycles. The molecular formula is C15H13BrF3N. The van der Waals surface area contributed by atoms with E-state index in [1.807, 2.05) is 0 Å². The minimum absolute atomic E-state index is 0.293. The SMILES string of the molecule is NC(Cc1ccc(F)c(Br)c1)Cc1ccc(F)cc1F. The molecule has 0 saturated heterocycles. The van der Waals surface area contributed by atoms with Crippen molar-refractivity contribution in [2.75, 3.05) is 0 Å². The molecule has 2 rings (SSSR count). The topological polar surface area (TPSA) is 26.0 Å². The summed E-state index contributed by atoms with van der Waals surface area (Å²) in [5, 5.41) is 0. The van der Waals surface area contributed by atoms with E-state index in [1.165, 1.54) is 18.2 Å². The zero-order chi connectivity index (χ0) is 14.7. The lowest BCUT2D eigenvalue weighted by atomic mass is 9.99. The van der Waals surface area contributed by atoms with E-state index in [4.69, 9.17) is 5.73 Å². The zero-order valence-electron chi connectivity index (χ0n) is 10.5. The third-order valence-corrected chi connectivity index (χ3v) is 3.59. The van der Waals surface area contributed by atoms with Crippen molar-refractivity contribution in [3.8, 4) is 0 Å². The number of nitrogens with two attached hydrogens (primary N) is 1. The van der Waals surface area contributed by atoms with Crippen LogP contribution in [0.15, 0.2) is 40.9 Å². The van der Waals surface area contributed by atoms with Gasteiger partial charge in [-0.05, 0) is 58.1 Å². The lowest BCUT2D eigenvalue weighted by Crippen LogP contribution is -2.26. The molecule has 1 unspecified atom stereocenters. The van der Waals surface area contributed by atoms with Crippen molar-refractivity contribution >= 4 is 15.9 Å². The summed E-state index contributed by atoms with van der Waals surface area (Å²) in [5.41, 5.74) is 7.19. The second kappa shape index (κ2) is 6.41. The maximum atomic E-state index is 13.5. The zero-order valence-corrected chi connectivity index (χ0v) is 12.1. The summed E-state index contributed by atoms with van der Waals surface area (Å²) in [6, 6.07) is 7.76. The van der Waals surface area contributed by atoms with Crippen molar-refractivity contribution < 1.29 is 13.2 Å². The van der Waals surface area contributed by atoms with Crippen LogP contribution >= 0.6 is 15.9 Å². The van der Waals surface area contributed by atoms with E-state index in [-0.39, 0.29) is 11.9 Å². The molecule has 0 aliphatic rings. The van der Waals surface area contributed by atoms with E-state index in [1.54, 1.807) is 12.1 Å². The normalized spacial score (nSPS) is 12.4. The van der Waals surface area contributed by atoms with Gasteiger partial charge in [-0.25, -0.2) is 13.2 Å². The molecule has 106 valence electrons. The van der Waals surface area contributed by atoms with E-state index in [9.17, 15) is 13.2 Å². The molecule has 0 bridgehead atoms. The maximum absolute atomic E-state index is 13.5. The van der Waals surface area contributed by atoms with E-state index in [0.29, 0.717) is 22.9 Å². The third-order valence-electron chi connectivity index (χ3n) is 2.98. The van der Waals surface area contributed by atoms with Crippen LogP contribution in [0.5, 0.6) is 0 Å². The fourth-order valence-corrected chi connectivity index (χ4v) is 2.44. The first-order chi connectivity index (χ1) is 9.45. The summed E-state index contributed by atoms with van der Waals surface area (Å²) in [7, 11) is 0. The minimum Gasteiger partial charge on any atom is -0.327 e. The molecule has 1 nitrogen and oxygen atoms in total.